The molecule has 0 unspecified atom stereocenters. The second-order valence-electron chi connectivity index (χ2n) is 8.10. The Balaban J connectivity index is 1.60. The molecule has 2 aromatic heterocycles. The molecular weight excluding hydrogens is 456 g/mol. The summed E-state index contributed by atoms with van der Waals surface area (Å²) in [4.78, 5) is 24.5. The highest BCUT2D eigenvalue weighted by Gasteiger charge is 2.10. The van der Waals surface area contributed by atoms with Crippen LogP contribution >= 0.6 is 0 Å². The quantitative estimate of drug-likeness (QED) is 0.212. The Morgan fingerprint density at radius 1 is 0.556 bits per heavy atom. The van der Waals surface area contributed by atoms with Crippen LogP contribution in [0.5, 0.6) is 11.5 Å². The topological polar surface area (TPSA) is 78.9 Å². The standard InChI is InChI=1S/C30H22O6/c1-33-23-11-5-19(6-12-23)3-9-21-15-29(31)35-27-18-28-26(17-25(21)27)22(16-30(32)36-28)10-4-20-7-13-24(34-2)14-8-20/h3-18H,1-2H3/b9-3+,10-4+. The summed E-state index contributed by atoms with van der Waals surface area (Å²) in [6.07, 6.45) is 7.54. The van der Waals surface area contributed by atoms with Crippen molar-refractivity contribution >= 4 is 46.2 Å². The summed E-state index contributed by atoms with van der Waals surface area (Å²) in [5, 5.41) is 1.44. The Labute approximate surface area is 206 Å². The van der Waals surface area contributed by atoms with E-state index in [1.54, 1.807) is 20.3 Å². The van der Waals surface area contributed by atoms with E-state index >= 15 is 0 Å². The van der Waals surface area contributed by atoms with Gasteiger partial charge in [-0.05, 0) is 52.6 Å². The molecule has 0 fully saturated rings. The number of hydrogen-bond acceptors (Lipinski definition) is 6. The molecule has 6 heteroatoms. The van der Waals surface area contributed by atoms with E-state index in [4.69, 9.17) is 18.3 Å². The van der Waals surface area contributed by atoms with Crippen LogP contribution < -0.4 is 20.7 Å². The van der Waals surface area contributed by atoms with Gasteiger partial charge in [0.1, 0.15) is 22.7 Å². The molecule has 0 amide bonds. The van der Waals surface area contributed by atoms with Crippen LogP contribution in [0.1, 0.15) is 22.3 Å². The van der Waals surface area contributed by atoms with Crippen LogP contribution in [-0.2, 0) is 0 Å². The minimum Gasteiger partial charge on any atom is -0.497 e. The van der Waals surface area contributed by atoms with Gasteiger partial charge in [-0.1, -0.05) is 48.6 Å². The van der Waals surface area contributed by atoms with E-state index in [-0.39, 0.29) is 0 Å². The summed E-state index contributed by atoms with van der Waals surface area (Å²) in [5.74, 6) is 1.53. The first-order chi connectivity index (χ1) is 17.5. The van der Waals surface area contributed by atoms with Crippen LogP contribution in [-0.4, -0.2) is 14.2 Å². The van der Waals surface area contributed by atoms with Crippen molar-refractivity contribution < 1.29 is 18.3 Å². The monoisotopic (exact) mass is 478 g/mol. The molecule has 178 valence electrons. The molecule has 0 aliphatic heterocycles. The maximum Gasteiger partial charge on any atom is 0.336 e. The predicted octanol–water partition coefficient (Wildman–Crippen LogP) is 6.26. The lowest BCUT2D eigenvalue weighted by Crippen LogP contribution is -2.00. The summed E-state index contributed by atoms with van der Waals surface area (Å²) in [6, 6.07) is 21.5. The second kappa shape index (κ2) is 9.80. The summed E-state index contributed by atoms with van der Waals surface area (Å²) < 4.78 is 21.3. The summed E-state index contributed by atoms with van der Waals surface area (Å²) in [7, 11) is 3.24. The molecular formula is C30H22O6. The minimum absolute atomic E-state index is 0.337. The SMILES string of the molecule is COc1ccc(/C=C/c2cc(=O)oc3cc4oc(=O)cc(/C=C/c5ccc(OC)cc5)c4cc23)cc1. The van der Waals surface area contributed by atoms with Crippen LogP contribution in [0, 0.1) is 0 Å². The zero-order valence-electron chi connectivity index (χ0n) is 19.7. The highest BCUT2D eigenvalue weighted by atomic mass is 16.5. The van der Waals surface area contributed by atoms with Crippen LogP contribution in [0.4, 0.5) is 0 Å². The van der Waals surface area contributed by atoms with E-state index < -0.39 is 11.3 Å². The van der Waals surface area contributed by atoms with Gasteiger partial charge in [0.15, 0.2) is 0 Å². The zero-order chi connectivity index (χ0) is 25.1. The van der Waals surface area contributed by atoms with Crippen LogP contribution in [0.2, 0.25) is 0 Å². The molecule has 5 aromatic rings. The van der Waals surface area contributed by atoms with Gasteiger partial charge in [0.25, 0.3) is 0 Å². The van der Waals surface area contributed by atoms with Crippen molar-refractivity contribution in [3.05, 3.63) is 116 Å². The van der Waals surface area contributed by atoms with Gasteiger partial charge < -0.3 is 18.3 Å². The fraction of sp³-hybridized carbons (Fsp3) is 0.0667. The largest absolute Gasteiger partial charge is 0.497 e. The lowest BCUT2D eigenvalue weighted by Gasteiger charge is -2.06. The fourth-order valence-electron chi connectivity index (χ4n) is 3.94. The maximum absolute atomic E-state index is 12.2. The Bertz CT molecular complexity index is 1590. The first-order valence-electron chi connectivity index (χ1n) is 11.2. The van der Waals surface area contributed by atoms with Gasteiger partial charge in [-0.25, -0.2) is 9.59 Å². The number of hydrogen-bond donors (Lipinski definition) is 0. The Kier molecular flexibility index (Phi) is 6.24. The molecule has 0 saturated carbocycles. The smallest absolute Gasteiger partial charge is 0.336 e. The van der Waals surface area contributed by atoms with Crippen molar-refractivity contribution in [2.75, 3.05) is 14.2 Å². The van der Waals surface area contributed by atoms with Crippen molar-refractivity contribution in [3.63, 3.8) is 0 Å². The lowest BCUT2D eigenvalue weighted by molar-refractivity contribution is 0.414. The lowest BCUT2D eigenvalue weighted by atomic mass is 10.0. The molecule has 0 spiro atoms. The number of benzene rings is 3. The molecule has 0 radical (unpaired) electrons. The third kappa shape index (κ3) is 4.83. The highest BCUT2D eigenvalue weighted by molar-refractivity contribution is 6.01. The third-order valence-electron chi connectivity index (χ3n) is 5.81. The van der Waals surface area contributed by atoms with E-state index in [0.29, 0.717) is 22.3 Å². The first kappa shape index (κ1) is 22.9. The number of fused-ring (bicyclic) bond motifs is 2. The van der Waals surface area contributed by atoms with Gasteiger partial charge >= 0.3 is 11.3 Å². The van der Waals surface area contributed by atoms with E-state index in [1.165, 1.54) is 12.1 Å². The van der Waals surface area contributed by atoms with E-state index in [2.05, 4.69) is 0 Å². The molecule has 0 aliphatic rings. The molecule has 6 nitrogen and oxygen atoms in total. The van der Waals surface area contributed by atoms with Gasteiger partial charge in [0.2, 0.25) is 0 Å². The van der Waals surface area contributed by atoms with Crippen LogP contribution in [0.15, 0.2) is 91.2 Å². The Hall–Kier alpha value is -4.84. The number of rotatable bonds is 6. The van der Waals surface area contributed by atoms with Crippen molar-refractivity contribution in [3.8, 4) is 11.5 Å². The summed E-state index contributed by atoms with van der Waals surface area (Å²) in [6.45, 7) is 0. The summed E-state index contributed by atoms with van der Waals surface area (Å²) in [5.41, 5.74) is 2.97. The van der Waals surface area contributed by atoms with E-state index in [9.17, 15) is 9.59 Å². The third-order valence-corrected chi connectivity index (χ3v) is 5.81. The Morgan fingerprint density at radius 3 is 1.36 bits per heavy atom. The molecule has 3 aromatic carbocycles. The fourth-order valence-corrected chi connectivity index (χ4v) is 3.94. The van der Waals surface area contributed by atoms with Gasteiger partial charge in [0, 0.05) is 29.0 Å². The molecule has 5 rings (SSSR count). The molecule has 0 bridgehead atoms. The van der Waals surface area contributed by atoms with Gasteiger partial charge in [-0.3, -0.25) is 0 Å². The molecule has 0 saturated heterocycles. The van der Waals surface area contributed by atoms with E-state index in [0.717, 1.165) is 33.4 Å². The van der Waals surface area contributed by atoms with Crippen LogP contribution in [0.3, 0.4) is 0 Å². The molecule has 0 aliphatic carbocycles. The average Bonchev–Trinajstić information content (AvgIpc) is 2.89. The Morgan fingerprint density at radius 2 is 0.972 bits per heavy atom. The maximum atomic E-state index is 12.2. The molecule has 0 atom stereocenters. The van der Waals surface area contributed by atoms with Gasteiger partial charge in [0.05, 0.1) is 14.2 Å². The number of ether oxygens (including phenoxy) is 2. The predicted molar refractivity (Wildman–Crippen MR) is 142 cm³/mol. The average molecular weight is 479 g/mol. The van der Waals surface area contributed by atoms with Gasteiger partial charge in [-0.15, -0.1) is 0 Å². The summed E-state index contributed by atoms with van der Waals surface area (Å²) >= 11 is 0. The minimum atomic E-state index is -0.492. The van der Waals surface area contributed by atoms with Crippen molar-refractivity contribution in [1.82, 2.24) is 0 Å². The molecule has 2 heterocycles. The van der Waals surface area contributed by atoms with Crippen molar-refractivity contribution in [2.24, 2.45) is 0 Å². The first-order valence-corrected chi connectivity index (χ1v) is 11.2. The van der Waals surface area contributed by atoms with E-state index in [1.807, 2.05) is 78.9 Å². The van der Waals surface area contributed by atoms with Gasteiger partial charge in [-0.2, -0.15) is 0 Å². The molecule has 0 N–H and O–H groups in total. The molecule has 36 heavy (non-hydrogen) atoms. The zero-order valence-corrected chi connectivity index (χ0v) is 19.7. The highest BCUT2D eigenvalue weighted by Crippen LogP contribution is 2.28. The second-order valence-corrected chi connectivity index (χ2v) is 8.10. The van der Waals surface area contributed by atoms with Crippen molar-refractivity contribution in [2.45, 2.75) is 0 Å². The van der Waals surface area contributed by atoms with Crippen molar-refractivity contribution in [1.29, 1.82) is 0 Å². The number of methoxy groups -OCH3 is 2. The van der Waals surface area contributed by atoms with Crippen LogP contribution in [0.25, 0.3) is 46.2 Å². The normalized spacial score (nSPS) is 11.6.